The molecule has 1 aliphatic heterocycles. The van der Waals surface area contributed by atoms with Crippen molar-refractivity contribution in [2.24, 2.45) is 0 Å². The van der Waals surface area contributed by atoms with Crippen LogP contribution in [0.15, 0.2) is 30.3 Å². The summed E-state index contributed by atoms with van der Waals surface area (Å²) in [6, 6.07) is 10.7. The van der Waals surface area contributed by atoms with E-state index in [2.05, 4.69) is 17.4 Å². The monoisotopic (exact) mass is 249 g/mol. The summed E-state index contributed by atoms with van der Waals surface area (Å²) in [6.07, 6.45) is 1.77. The van der Waals surface area contributed by atoms with Crippen molar-refractivity contribution >= 4 is 5.97 Å². The molecule has 2 atom stereocenters. The molecule has 2 N–H and O–H groups in total. The van der Waals surface area contributed by atoms with Crippen molar-refractivity contribution in [2.45, 2.75) is 31.3 Å². The first-order valence-corrected chi connectivity index (χ1v) is 6.36. The first-order valence-electron chi connectivity index (χ1n) is 6.36. The van der Waals surface area contributed by atoms with E-state index >= 15 is 0 Å². The highest BCUT2D eigenvalue weighted by molar-refractivity contribution is 5.66. The molecule has 1 aromatic rings. The maximum atomic E-state index is 10.5. The number of carbonyl (C=O) groups is 1. The standard InChI is InChI=1S/C14H19NO3/c16-14(17)8-4-7-12-9-18-10-13(15-12)11-5-2-1-3-6-11/h1-3,5-6,12-13,15H,4,7-10H2,(H,16,17). The molecular formula is C14H19NO3. The summed E-state index contributed by atoms with van der Waals surface area (Å²) in [4.78, 5) is 10.5. The van der Waals surface area contributed by atoms with E-state index in [-0.39, 0.29) is 18.5 Å². The molecule has 1 heterocycles. The first-order chi connectivity index (χ1) is 8.75. The van der Waals surface area contributed by atoms with Gasteiger partial charge in [-0.1, -0.05) is 30.3 Å². The zero-order valence-electron chi connectivity index (χ0n) is 10.3. The van der Waals surface area contributed by atoms with Crippen molar-refractivity contribution in [2.75, 3.05) is 13.2 Å². The Kier molecular flexibility index (Phi) is 4.73. The fourth-order valence-corrected chi connectivity index (χ4v) is 2.25. The lowest BCUT2D eigenvalue weighted by Gasteiger charge is -2.31. The van der Waals surface area contributed by atoms with E-state index in [9.17, 15) is 4.79 Å². The lowest BCUT2D eigenvalue weighted by molar-refractivity contribution is -0.137. The largest absolute Gasteiger partial charge is 0.481 e. The molecular weight excluding hydrogens is 230 g/mol. The number of ether oxygens (including phenoxy) is 1. The number of rotatable bonds is 5. The van der Waals surface area contributed by atoms with Crippen LogP contribution in [0.1, 0.15) is 30.9 Å². The number of morpholine rings is 1. The average molecular weight is 249 g/mol. The van der Waals surface area contributed by atoms with Crippen molar-refractivity contribution in [3.05, 3.63) is 35.9 Å². The van der Waals surface area contributed by atoms with Crippen LogP contribution in [0.4, 0.5) is 0 Å². The zero-order valence-corrected chi connectivity index (χ0v) is 10.3. The summed E-state index contributed by atoms with van der Waals surface area (Å²) in [7, 11) is 0. The van der Waals surface area contributed by atoms with E-state index in [1.807, 2.05) is 18.2 Å². The maximum absolute atomic E-state index is 10.5. The van der Waals surface area contributed by atoms with Gasteiger partial charge in [-0.05, 0) is 18.4 Å². The number of aliphatic carboxylic acids is 1. The molecule has 0 spiro atoms. The van der Waals surface area contributed by atoms with Crippen molar-refractivity contribution in [3.63, 3.8) is 0 Å². The Morgan fingerprint density at radius 1 is 1.33 bits per heavy atom. The van der Waals surface area contributed by atoms with Crippen molar-refractivity contribution in [1.82, 2.24) is 5.32 Å². The minimum absolute atomic E-state index is 0.217. The van der Waals surface area contributed by atoms with Gasteiger partial charge in [-0.2, -0.15) is 0 Å². The summed E-state index contributed by atoms with van der Waals surface area (Å²) in [6.45, 7) is 1.35. The first kappa shape index (κ1) is 13.1. The lowest BCUT2D eigenvalue weighted by atomic mass is 10.0. The molecule has 1 fully saturated rings. The molecule has 98 valence electrons. The summed E-state index contributed by atoms with van der Waals surface area (Å²) in [5.74, 6) is -0.730. The molecule has 0 radical (unpaired) electrons. The molecule has 0 aliphatic carbocycles. The summed E-state index contributed by atoms with van der Waals surface area (Å²) < 4.78 is 5.60. The van der Waals surface area contributed by atoms with E-state index in [0.717, 1.165) is 6.42 Å². The second-order valence-electron chi connectivity index (χ2n) is 4.65. The van der Waals surface area contributed by atoms with Gasteiger partial charge in [-0.3, -0.25) is 4.79 Å². The average Bonchev–Trinajstić information content (AvgIpc) is 2.40. The molecule has 2 unspecified atom stereocenters. The summed E-state index contributed by atoms with van der Waals surface area (Å²) in [5.41, 5.74) is 1.22. The van der Waals surface area contributed by atoms with Crippen molar-refractivity contribution in [3.8, 4) is 0 Å². The third-order valence-corrected chi connectivity index (χ3v) is 3.19. The molecule has 0 bridgehead atoms. The lowest BCUT2D eigenvalue weighted by Crippen LogP contribution is -2.43. The Hall–Kier alpha value is -1.39. The van der Waals surface area contributed by atoms with Crippen LogP contribution < -0.4 is 5.32 Å². The minimum atomic E-state index is -0.730. The third-order valence-electron chi connectivity index (χ3n) is 3.19. The Balaban J connectivity index is 1.83. The topological polar surface area (TPSA) is 58.6 Å². The fourth-order valence-electron chi connectivity index (χ4n) is 2.25. The van der Waals surface area contributed by atoms with Crippen LogP contribution in [0.5, 0.6) is 0 Å². The maximum Gasteiger partial charge on any atom is 0.303 e. The number of hydrogen-bond acceptors (Lipinski definition) is 3. The molecule has 2 rings (SSSR count). The van der Waals surface area contributed by atoms with Gasteiger partial charge in [0.25, 0.3) is 0 Å². The molecule has 0 amide bonds. The molecule has 18 heavy (non-hydrogen) atoms. The molecule has 4 heteroatoms. The van der Waals surface area contributed by atoms with E-state index < -0.39 is 5.97 Å². The predicted molar refractivity (Wildman–Crippen MR) is 68.4 cm³/mol. The highest BCUT2D eigenvalue weighted by Crippen LogP contribution is 2.19. The number of carboxylic acid groups (broad SMARTS) is 1. The van der Waals surface area contributed by atoms with Gasteiger partial charge in [0.05, 0.1) is 19.3 Å². The highest BCUT2D eigenvalue weighted by atomic mass is 16.5. The Labute approximate surface area is 107 Å². The van der Waals surface area contributed by atoms with Gasteiger partial charge in [0.15, 0.2) is 0 Å². The molecule has 1 aliphatic rings. The quantitative estimate of drug-likeness (QED) is 0.837. The van der Waals surface area contributed by atoms with E-state index in [0.29, 0.717) is 19.6 Å². The van der Waals surface area contributed by atoms with Gasteiger partial charge in [0, 0.05) is 12.5 Å². The van der Waals surface area contributed by atoms with Crippen LogP contribution >= 0.6 is 0 Å². The van der Waals surface area contributed by atoms with Crippen LogP contribution in [0.2, 0.25) is 0 Å². The van der Waals surface area contributed by atoms with Crippen molar-refractivity contribution < 1.29 is 14.6 Å². The third kappa shape index (κ3) is 3.82. The number of nitrogens with one attached hydrogen (secondary N) is 1. The van der Waals surface area contributed by atoms with Crippen LogP contribution in [-0.4, -0.2) is 30.3 Å². The van der Waals surface area contributed by atoms with Gasteiger partial charge < -0.3 is 15.2 Å². The van der Waals surface area contributed by atoms with Gasteiger partial charge in [-0.15, -0.1) is 0 Å². The minimum Gasteiger partial charge on any atom is -0.481 e. The molecule has 0 saturated carbocycles. The van der Waals surface area contributed by atoms with Crippen LogP contribution in [-0.2, 0) is 9.53 Å². The number of carboxylic acids is 1. The van der Waals surface area contributed by atoms with Gasteiger partial charge >= 0.3 is 5.97 Å². The Bertz CT molecular complexity index is 380. The van der Waals surface area contributed by atoms with E-state index in [1.165, 1.54) is 5.56 Å². The second-order valence-corrected chi connectivity index (χ2v) is 4.65. The zero-order chi connectivity index (χ0) is 12.8. The van der Waals surface area contributed by atoms with E-state index in [4.69, 9.17) is 9.84 Å². The second kappa shape index (κ2) is 6.52. The molecule has 0 aromatic heterocycles. The molecule has 1 saturated heterocycles. The number of benzene rings is 1. The molecule has 4 nitrogen and oxygen atoms in total. The Morgan fingerprint density at radius 2 is 2.11 bits per heavy atom. The van der Waals surface area contributed by atoms with Crippen LogP contribution in [0.3, 0.4) is 0 Å². The normalized spacial score (nSPS) is 23.8. The van der Waals surface area contributed by atoms with Gasteiger partial charge in [-0.25, -0.2) is 0 Å². The fraction of sp³-hybridized carbons (Fsp3) is 0.500. The van der Waals surface area contributed by atoms with Gasteiger partial charge in [0.1, 0.15) is 0 Å². The molecule has 1 aromatic carbocycles. The van der Waals surface area contributed by atoms with E-state index in [1.54, 1.807) is 0 Å². The smallest absolute Gasteiger partial charge is 0.303 e. The SMILES string of the molecule is O=C(O)CCCC1COCC(c2ccccc2)N1. The highest BCUT2D eigenvalue weighted by Gasteiger charge is 2.22. The van der Waals surface area contributed by atoms with Crippen LogP contribution in [0.25, 0.3) is 0 Å². The Morgan fingerprint density at radius 3 is 2.83 bits per heavy atom. The van der Waals surface area contributed by atoms with Gasteiger partial charge in [0.2, 0.25) is 0 Å². The predicted octanol–water partition coefficient (Wildman–Crippen LogP) is 1.97. The number of hydrogen-bond donors (Lipinski definition) is 2. The van der Waals surface area contributed by atoms with Crippen molar-refractivity contribution in [1.29, 1.82) is 0 Å². The summed E-state index contributed by atoms with van der Waals surface area (Å²) >= 11 is 0. The summed E-state index contributed by atoms with van der Waals surface area (Å²) in [5, 5.41) is 12.1. The van der Waals surface area contributed by atoms with Crippen LogP contribution in [0, 0.1) is 0 Å².